The fourth-order valence-corrected chi connectivity index (χ4v) is 0.749. The van der Waals surface area contributed by atoms with Crippen molar-refractivity contribution in [1.82, 2.24) is 0 Å². The first-order chi connectivity index (χ1) is 6.54. The summed E-state index contributed by atoms with van der Waals surface area (Å²) in [5.74, 6) is 0. The van der Waals surface area contributed by atoms with Gasteiger partial charge in [-0.1, -0.05) is 5.16 Å². The molecule has 7 nitrogen and oxygen atoms in total. The molecule has 0 aromatic carbocycles. The van der Waals surface area contributed by atoms with Crippen LogP contribution in [0.15, 0.2) is 5.16 Å². The van der Waals surface area contributed by atoms with E-state index >= 15 is 0 Å². The van der Waals surface area contributed by atoms with E-state index in [9.17, 15) is 5.11 Å². The molecule has 0 aliphatic rings. The van der Waals surface area contributed by atoms with Crippen LogP contribution in [0.25, 0.3) is 0 Å². The van der Waals surface area contributed by atoms with Crippen LogP contribution < -0.4 is 0 Å². The lowest BCUT2D eigenvalue weighted by Crippen LogP contribution is -2.46. The lowest BCUT2D eigenvalue weighted by Gasteiger charge is -2.23. The molecule has 14 heavy (non-hydrogen) atoms. The quantitative estimate of drug-likeness (QED) is 0.235. The Kier molecular flexibility index (Phi) is 6.34. The predicted octanol–water partition coefficient (Wildman–Crippen LogP) is -2.95. The first kappa shape index (κ1) is 13.3. The van der Waals surface area contributed by atoms with Gasteiger partial charge in [0.25, 0.3) is 0 Å². The van der Waals surface area contributed by atoms with E-state index in [1.165, 1.54) is 7.11 Å². The van der Waals surface area contributed by atoms with Crippen molar-refractivity contribution in [3.05, 3.63) is 0 Å². The Morgan fingerprint density at radius 3 is 2.21 bits per heavy atom. The van der Waals surface area contributed by atoms with Crippen molar-refractivity contribution in [1.29, 1.82) is 0 Å². The molecule has 0 unspecified atom stereocenters. The summed E-state index contributed by atoms with van der Waals surface area (Å²) in [6.45, 7) is -0.716. The second-order valence-corrected chi connectivity index (χ2v) is 2.66. The smallest absolute Gasteiger partial charge is 0.121 e. The second kappa shape index (κ2) is 6.68. The van der Waals surface area contributed by atoms with Crippen LogP contribution in [-0.2, 0) is 4.84 Å². The van der Waals surface area contributed by atoms with Gasteiger partial charge in [-0.2, -0.15) is 0 Å². The van der Waals surface area contributed by atoms with E-state index in [2.05, 4.69) is 9.99 Å². The molecule has 0 saturated carbocycles. The first-order valence-electron chi connectivity index (χ1n) is 3.94. The lowest BCUT2D eigenvalue weighted by molar-refractivity contribution is -0.100. The molecule has 0 aliphatic carbocycles. The molecule has 84 valence electrons. The van der Waals surface area contributed by atoms with Gasteiger partial charge in [-0.3, -0.25) is 0 Å². The van der Waals surface area contributed by atoms with Gasteiger partial charge < -0.3 is 30.4 Å². The molecule has 0 radical (unpaired) electrons. The number of hydrogen-bond donors (Lipinski definition) is 5. The minimum absolute atomic E-state index is 0.716. The Balaban J connectivity index is 4.15. The molecule has 0 bridgehead atoms. The van der Waals surface area contributed by atoms with Gasteiger partial charge in [-0.15, -0.1) is 0 Å². The number of nitrogens with zero attached hydrogens (tertiary/aromatic N) is 1. The van der Waals surface area contributed by atoms with Crippen LogP contribution in [0.2, 0.25) is 0 Å². The maximum atomic E-state index is 9.20. The van der Waals surface area contributed by atoms with Gasteiger partial charge in [0.1, 0.15) is 31.5 Å². The van der Waals surface area contributed by atoms with E-state index in [-0.39, 0.29) is 0 Å². The Hall–Kier alpha value is -0.730. The van der Waals surface area contributed by atoms with Gasteiger partial charge in [0.2, 0.25) is 0 Å². The molecule has 0 heterocycles. The van der Waals surface area contributed by atoms with Crippen LogP contribution in [0.3, 0.4) is 0 Å². The van der Waals surface area contributed by atoms with Gasteiger partial charge >= 0.3 is 0 Å². The van der Waals surface area contributed by atoms with Crippen molar-refractivity contribution in [2.24, 2.45) is 5.16 Å². The van der Waals surface area contributed by atoms with Gasteiger partial charge in [0.15, 0.2) is 0 Å². The fourth-order valence-electron chi connectivity index (χ4n) is 0.749. The van der Waals surface area contributed by atoms with Crippen LogP contribution in [-0.4, -0.2) is 69.9 Å². The summed E-state index contributed by atoms with van der Waals surface area (Å²) in [6, 6.07) is 0. The standard InChI is InChI=1S/C7H15NO6/c1-14-8-2-4(10)6(12)7(13)5(11)3-9/h2,4-7,9-13H,3H2,1H3/t4-,5-,6-,7-/m1/s1. The fraction of sp³-hybridized carbons (Fsp3) is 0.857. The monoisotopic (exact) mass is 209 g/mol. The molecular formula is C7H15NO6. The summed E-state index contributed by atoms with van der Waals surface area (Å²) in [5, 5.41) is 48.0. The summed E-state index contributed by atoms with van der Waals surface area (Å²) in [4.78, 5) is 4.23. The van der Waals surface area contributed by atoms with Crippen molar-refractivity contribution in [3.63, 3.8) is 0 Å². The summed E-state index contributed by atoms with van der Waals surface area (Å²) < 4.78 is 0. The maximum Gasteiger partial charge on any atom is 0.121 e. The minimum atomic E-state index is -1.65. The average molecular weight is 209 g/mol. The highest BCUT2D eigenvalue weighted by Crippen LogP contribution is 2.03. The van der Waals surface area contributed by atoms with E-state index in [0.717, 1.165) is 6.21 Å². The number of aliphatic hydroxyl groups excluding tert-OH is 5. The molecule has 0 amide bonds. The van der Waals surface area contributed by atoms with E-state index in [4.69, 9.17) is 20.4 Å². The van der Waals surface area contributed by atoms with E-state index in [1.807, 2.05) is 0 Å². The molecule has 0 spiro atoms. The Morgan fingerprint density at radius 2 is 1.79 bits per heavy atom. The van der Waals surface area contributed by atoms with Crippen LogP contribution in [0.5, 0.6) is 0 Å². The third-order valence-electron chi connectivity index (χ3n) is 1.60. The van der Waals surface area contributed by atoms with Crippen molar-refractivity contribution in [2.45, 2.75) is 24.4 Å². The highest BCUT2D eigenvalue weighted by atomic mass is 16.6. The molecule has 5 N–H and O–H groups in total. The first-order valence-corrected chi connectivity index (χ1v) is 3.94. The number of hydrogen-bond acceptors (Lipinski definition) is 7. The Morgan fingerprint density at radius 1 is 1.21 bits per heavy atom. The number of rotatable bonds is 6. The highest BCUT2D eigenvalue weighted by molar-refractivity contribution is 5.62. The summed E-state index contributed by atoms with van der Waals surface area (Å²) >= 11 is 0. The third kappa shape index (κ3) is 3.99. The zero-order chi connectivity index (χ0) is 11.1. The van der Waals surface area contributed by atoms with E-state index in [0.29, 0.717) is 0 Å². The molecule has 0 saturated heterocycles. The van der Waals surface area contributed by atoms with Crippen LogP contribution in [0, 0.1) is 0 Å². The lowest BCUT2D eigenvalue weighted by atomic mass is 10.0. The zero-order valence-corrected chi connectivity index (χ0v) is 7.69. The SMILES string of the molecule is CON=C[C@@H](O)[C@@H](O)[C@H](O)[C@H](O)CO. The predicted molar refractivity (Wildman–Crippen MR) is 46.6 cm³/mol. The van der Waals surface area contributed by atoms with Crippen LogP contribution >= 0.6 is 0 Å². The summed E-state index contributed by atoms with van der Waals surface area (Å²) in [5.41, 5.74) is 0. The molecule has 0 aromatic heterocycles. The largest absolute Gasteiger partial charge is 0.399 e. The summed E-state index contributed by atoms with van der Waals surface area (Å²) in [7, 11) is 1.24. The molecule has 0 fully saturated rings. The van der Waals surface area contributed by atoms with Gasteiger partial charge in [-0.25, -0.2) is 0 Å². The van der Waals surface area contributed by atoms with Crippen molar-refractivity contribution >= 4 is 6.21 Å². The topological polar surface area (TPSA) is 123 Å². The van der Waals surface area contributed by atoms with Crippen molar-refractivity contribution < 1.29 is 30.4 Å². The van der Waals surface area contributed by atoms with Crippen molar-refractivity contribution in [3.8, 4) is 0 Å². The van der Waals surface area contributed by atoms with Crippen LogP contribution in [0.4, 0.5) is 0 Å². The van der Waals surface area contributed by atoms with E-state index < -0.39 is 31.0 Å². The zero-order valence-electron chi connectivity index (χ0n) is 7.69. The third-order valence-corrected chi connectivity index (χ3v) is 1.60. The second-order valence-electron chi connectivity index (χ2n) is 2.66. The minimum Gasteiger partial charge on any atom is -0.399 e. The average Bonchev–Trinajstić information content (AvgIpc) is 2.22. The molecule has 0 aromatic rings. The van der Waals surface area contributed by atoms with Gasteiger partial charge in [0.05, 0.1) is 12.8 Å². The Bertz CT molecular complexity index is 176. The Labute approximate surface area is 80.9 Å². The highest BCUT2D eigenvalue weighted by Gasteiger charge is 2.29. The molecule has 0 rings (SSSR count). The number of aliphatic hydroxyl groups is 5. The normalized spacial score (nSPS) is 20.4. The van der Waals surface area contributed by atoms with Gasteiger partial charge in [0, 0.05) is 0 Å². The van der Waals surface area contributed by atoms with Crippen LogP contribution in [0.1, 0.15) is 0 Å². The maximum absolute atomic E-state index is 9.20. The molecule has 0 aliphatic heterocycles. The van der Waals surface area contributed by atoms with E-state index in [1.54, 1.807) is 0 Å². The van der Waals surface area contributed by atoms with Gasteiger partial charge in [-0.05, 0) is 0 Å². The molecule has 7 heteroatoms. The van der Waals surface area contributed by atoms with Crippen molar-refractivity contribution in [2.75, 3.05) is 13.7 Å². The molecule has 4 atom stereocenters. The summed E-state index contributed by atoms with van der Waals surface area (Å²) in [6.07, 6.45) is -5.44. The number of oxime groups is 1. The molecular weight excluding hydrogens is 194 g/mol.